The van der Waals surface area contributed by atoms with Gasteiger partial charge in [-0.1, -0.05) is 11.6 Å². The highest BCUT2D eigenvalue weighted by Crippen LogP contribution is 2.31. The molecule has 0 radical (unpaired) electrons. The van der Waals surface area contributed by atoms with Crippen LogP contribution in [0.15, 0.2) is 23.6 Å². The van der Waals surface area contributed by atoms with E-state index in [0.29, 0.717) is 22.2 Å². The van der Waals surface area contributed by atoms with E-state index < -0.39 is 12.1 Å². The van der Waals surface area contributed by atoms with Crippen molar-refractivity contribution in [1.82, 2.24) is 10.3 Å². The van der Waals surface area contributed by atoms with Crippen molar-refractivity contribution in [3.63, 3.8) is 0 Å². The van der Waals surface area contributed by atoms with Gasteiger partial charge in [0.1, 0.15) is 10.8 Å². The molecule has 6 nitrogen and oxygen atoms in total. The maximum Gasteiger partial charge on any atom is 0.355 e. The Balaban J connectivity index is 1.58. The van der Waals surface area contributed by atoms with Crippen LogP contribution in [-0.2, 0) is 17.8 Å². The molecule has 0 spiro atoms. The van der Waals surface area contributed by atoms with Gasteiger partial charge in [0.05, 0.1) is 6.54 Å². The number of thiazole rings is 1. The van der Waals surface area contributed by atoms with E-state index >= 15 is 0 Å². The molecule has 1 amide bonds. The Morgan fingerprint density at radius 2 is 2.32 bits per heavy atom. The third-order valence-electron chi connectivity index (χ3n) is 3.17. The number of amides is 1. The van der Waals surface area contributed by atoms with Crippen molar-refractivity contribution < 1.29 is 19.4 Å². The van der Waals surface area contributed by atoms with Gasteiger partial charge >= 0.3 is 5.97 Å². The average Bonchev–Trinajstić information content (AvgIpc) is 3.10. The summed E-state index contributed by atoms with van der Waals surface area (Å²) in [4.78, 5) is 26.8. The average molecular weight is 339 g/mol. The van der Waals surface area contributed by atoms with Crippen LogP contribution in [0.1, 0.15) is 21.1 Å². The van der Waals surface area contributed by atoms with E-state index in [4.69, 9.17) is 21.4 Å². The van der Waals surface area contributed by atoms with Gasteiger partial charge in [0.25, 0.3) is 5.91 Å². The van der Waals surface area contributed by atoms with Gasteiger partial charge in [-0.15, -0.1) is 11.3 Å². The van der Waals surface area contributed by atoms with E-state index in [1.54, 1.807) is 18.2 Å². The molecule has 2 aromatic rings. The lowest BCUT2D eigenvalue weighted by Crippen LogP contribution is -2.37. The molecule has 22 heavy (non-hydrogen) atoms. The molecular weight excluding hydrogens is 328 g/mol. The number of nitrogens with one attached hydrogen (secondary N) is 1. The molecule has 0 unspecified atom stereocenters. The number of carbonyl (C=O) groups is 2. The SMILES string of the molecule is O=C(O)c1csc(CNC(=O)[C@H]2Cc3cc(Cl)ccc3O2)n1. The first kappa shape index (κ1) is 14.8. The Morgan fingerprint density at radius 3 is 3.05 bits per heavy atom. The lowest BCUT2D eigenvalue weighted by atomic mass is 10.1. The first-order valence-corrected chi connectivity index (χ1v) is 7.69. The van der Waals surface area contributed by atoms with Crippen molar-refractivity contribution in [2.45, 2.75) is 19.1 Å². The number of fused-ring (bicyclic) bond motifs is 1. The molecular formula is C14H11ClN2O4S. The summed E-state index contributed by atoms with van der Waals surface area (Å²) in [5.74, 6) is -0.688. The minimum Gasteiger partial charge on any atom is -0.480 e. The Kier molecular flexibility index (Phi) is 4.00. The highest BCUT2D eigenvalue weighted by molar-refractivity contribution is 7.09. The Bertz CT molecular complexity index is 746. The summed E-state index contributed by atoms with van der Waals surface area (Å²) < 4.78 is 5.57. The molecule has 1 aromatic heterocycles. The molecule has 0 aliphatic carbocycles. The summed E-state index contributed by atoms with van der Waals surface area (Å²) in [7, 11) is 0. The van der Waals surface area contributed by atoms with Crippen LogP contribution < -0.4 is 10.1 Å². The maximum absolute atomic E-state index is 12.1. The molecule has 0 saturated carbocycles. The number of rotatable bonds is 4. The van der Waals surface area contributed by atoms with Gasteiger partial charge in [0.2, 0.25) is 0 Å². The van der Waals surface area contributed by atoms with Gasteiger partial charge in [-0.05, 0) is 23.8 Å². The zero-order valence-corrected chi connectivity index (χ0v) is 12.8. The number of carbonyl (C=O) groups excluding carboxylic acids is 1. The Morgan fingerprint density at radius 1 is 1.50 bits per heavy atom. The van der Waals surface area contributed by atoms with Gasteiger partial charge in [-0.2, -0.15) is 0 Å². The minimum atomic E-state index is -1.08. The third-order valence-corrected chi connectivity index (χ3v) is 4.26. The van der Waals surface area contributed by atoms with E-state index in [0.717, 1.165) is 5.56 Å². The zero-order valence-electron chi connectivity index (χ0n) is 11.2. The van der Waals surface area contributed by atoms with Crippen LogP contribution in [0.25, 0.3) is 0 Å². The Labute approximate surface area is 134 Å². The molecule has 2 heterocycles. The standard InChI is InChI=1S/C14H11ClN2O4S/c15-8-1-2-10-7(3-8)4-11(21-10)13(18)16-5-12-17-9(6-22-12)14(19)20/h1-3,6,11H,4-5H2,(H,16,18)(H,19,20)/t11-/m1/s1. The number of hydrogen-bond donors (Lipinski definition) is 2. The minimum absolute atomic E-state index is 0.0200. The molecule has 1 aliphatic rings. The lowest BCUT2D eigenvalue weighted by Gasteiger charge is -2.10. The largest absolute Gasteiger partial charge is 0.480 e. The smallest absolute Gasteiger partial charge is 0.355 e. The lowest BCUT2D eigenvalue weighted by molar-refractivity contribution is -0.127. The van der Waals surface area contributed by atoms with Gasteiger partial charge in [-0.3, -0.25) is 4.79 Å². The van der Waals surface area contributed by atoms with Crippen molar-refractivity contribution in [3.05, 3.63) is 44.9 Å². The van der Waals surface area contributed by atoms with Crippen LogP contribution in [0.4, 0.5) is 0 Å². The number of nitrogens with zero attached hydrogens (tertiary/aromatic N) is 1. The van der Waals surface area contributed by atoms with E-state index in [1.165, 1.54) is 16.7 Å². The first-order chi connectivity index (χ1) is 10.5. The first-order valence-electron chi connectivity index (χ1n) is 6.43. The van der Waals surface area contributed by atoms with Crippen LogP contribution in [-0.4, -0.2) is 28.1 Å². The fraction of sp³-hybridized carbons (Fsp3) is 0.214. The van der Waals surface area contributed by atoms with Gasteiger partial charge in [0.15, 0.2) is 11.8 Å². The monoisotopic (exact) mass is 338 g/mol. The molecule has 1 aromatic carbocycles. The van der Waals surface area contributed by atoms with E-state index in [-0.39, 0.29) is 18.1 Å². The number of aromatic carboxylic acids is 1. The molecule has 8 heteroatoms. The summed E-state index contributed by atoms with van der Waals surface area (Å²) in [6.07, 6.45) is -0.146. The predicted octanol–water partition coefficient (Wildman–Crippen LogP) is 2.11. The fourth-order valence-corrected chi connectivity index (χ4v) is 3.03. The quantitative estimate of drug-likeness (QED) is 0.891. The Hall–Kier alpha value is -2.12. The highest BCUT2D eigenvalue weighted by atomic mass is 35.5. The van der Waals surface area contributed by atoms with E-state index in [1.807, 2.05) is 0 Å². The van der Waals surface area contributed by atoms with Crippen molar-refractivity contribution in [3.8, 4) is 5.75 Å². The summed E-state index contributed by atoms with van der Waals surface area (Å²) in [5.41, 5.74) is 0.878. The van der Waals surface area contributed by atoms with Crippen LogP contribution in [0.3, 0.4) is 0 Å². The van der Waals surface area contributed by atoms with Crippen molar-refractivity contribution in [2.75, 3.05) is 0 Å². The number of ether oxygens (including phenoxy) is 1. The number of aromatic nitrogens is 1. The van der Waals surface area contributed by atoms with Crippen molar-refractivity contribution in [1.29, 1.82) is 0 Å². The fourth-order valence-electron chi connectivity index (χ4n) is 2.13. The van der Waals surface area contributed by atoms with Crippen molar-refractivity contribution in [2.24, 2.45) is 0 Å². The number of halogens is 1. The molecule has 0 bridgehead atoms. The van der Waals surface area contributed by atoms with E-state index in [9.17, 15) is 9.59 Å². The summed E-state index contributed by atoms with van der Waals surface area (Å²) in [5, 5.41) is 14.1. The summed E-state index contributed by atoms with van der Waals surface area (Å²) >= 11 is 7.10. The summed E-state index contributed by atoms with van der Waals surface area (Å²) in [6.45, 7) is 0.174. The van der Waals surface area contributed by atoms with Crippen molar-refractivity contribution >= 4 is 34.8 Å². The van der Waals surface area contributed by atoms with Crippen LogP contribution >= 0.6 is 22.9 Å². The second kappa shape index (κ2) is 5.94. The molecule has 1 aliphatic heterocycles. The van der Waals surface area contributed by atoms with Gasteiger partial charge < -0.3 is 15.2 Å². The number of benzene rings is 1. The molecule has 1 atom stereocenters. The highest BCUT2D eigenvalue weighted by Gasteiger charge is 2.29. The van der Waals surface area contributed by atoms with Gasteiger partial charge in [-0.25, -0.2) is 9.78 Å². The molecule has 3 rings (SSSR count). The third kappa shape index (κ3) is 3.05. The summed E-state index contributed by atoms with van der Waals surface area (Å²) in [6, 6.07) is 5.23. The molecule has 114 valence electrons. The second-order valence-electron chi connectivity index (χ2n) is 4.71. The zero-order chi connectivity index (χ0) is 15.7. The molecule has 2 N–H and O–H groups in total. The van der Waals surface area contributed by atoms with Crippen LogP contribution in [0, 0.1) is 0 Å². The molecule has 0 fully saturated rings. The number of carboxylic acid groups (broad SMARTS) is 1. The second-order valence-corrected chi connectivity index (χ2v) is 6.09. The van der Waals surface area contributed by atoms with E-state index in [2.05, 4.69) is 10.3 Å². The topological polar surface area (TPSA) is 88.5 Å². The predicted molar refractivity (Wildman–Crippen MR) is 80.5 cm³/mol. The number of hydrogen-bond acceptors (Lipinski definition) is 5. The van der Waals surface area contributed by atoms with Crippen LogP contribution in [0.2, 0.25) is 5.02 Å². The normalized spacial score (nSPS) is 16.0. The van der Waals surface area contributed by atoms with Crippen LogP contribution in [0.5, 0.6) is 5.75 Å². The molecule has 0 saturated heterocycles. The van der Waals surface area contributed by atoms with Gasteiger partial charge in [0, 0.05) is 16.8 Å². The maximum atomic E-state index is 12.1. The number of carboxylic acids is 1.